The molecule has 0 spiro atoms. The number of benzene rings is 2. The van der Waals surface area contributed by atoms with E-state index in [4.69, 9.17) is 4.74 Å². The van der Waals surface area contributed by atoms with Gasteiger partial charge in [-0.15, -0.1) is 10.7 Å². The fourth-order valence-electron chi connectivity index (χ4n) is 5.25. The molecule has 2 heterocycles. The van der Waals surface area contributed by atoms with Crippen molar-refractivity contribution in [2.45, 2.75) is 77.2 Å². The number of guanidine groups is 1. The van der Waals surface area contributed by atoms with Gasteiger partial charge in [-0.2, -0.15) is 39.5 Å². The predicted octanol–water partition coefficient (Wildman–Crippen LogP) is 7.44. The van der Waals surface area contributed by atoms with Crippen molar-refractivity contribution < 1.29 is 49.0 Å². The molecule has 2 aromatic carbocycles. The number of aliphatic imine (C=N–C) groups is 1. The summed E-state index contributed by atoms with van der Waals surface area (Å²) in [6.07, 6.45) is -14.7. The van der Waals surface area contributed by atoms with Gasteiger partial charge >= 0.3 is 24.6 Å². The molecule has 1 saturated heterocycles. The second-order valence-electron chi connectivity index (χ2n) is 10.4. The van der Waals surface area contributed by atoms with Crippen LogP contribution >= 0.6 is 0 Å². The number of nitrogens with one attached hydrogen (secondary N) is 2. The van der Waals surface area contributed by atoms with E-state index in [0.29, 0.717) is 25.0 Å². The molecule has 2 atom stereocenters. The predicted molar refractivity (Wildman–Crippen MR) is 145 cm³/mol. The SMILES string of the molecule is CCCN1NNC(=N[C@H]2C[C@@H](CC)N(C(=O)OCC)c3ccc(C(F)(F)F)cc32)N1Cc1cc(C(F)(F)F)cc(C(F)(F)F)c1. The molecule has 45 heavy (non-hydrogen) atoms. The van der Waals surface area contributed by atoms with Crippen LogP contribution in [0.2, 0.25) is 0 Å². The fourth-order valence-corrected chi connectivity index (χ4v) is 5.25. The van der Waals surface area contributed by atoms with Crippen LogP contribution in [0.5, 0.6) is 0 Å². The minimum Gasteiger partial charge on any atom is -0.449 e. The number of anilines is 1. The van der Waals surface area contributed by atoms with Crippen molar-refractivity contribution in [3.63, 3.8) is 0 Å². The molecule has 0 bridgehead atoms. The van der Waals surface area contributed by atoms with Gasteiger partial charge in [0.25, 0.3) is 0 Å². The van der Waals surface area contributed by atoms with Crippen molar-refractivity contribution in [1.29, 1.82) is 0 Å². The van der Waals surface area contributed by atoms with Gasteiger partial charge in [-0.25, -0.2) is 9.79 Å². The summed E-state index contributed by atoms with van der Waals surface area (Å²) in [5, 5.41) is 2.68. The molecule has 2 N–H and O–H groups in total. The van der Waals surface area contributed by atoms with Crippen LogP contribution in [0.3, 0.4) is 0 Å². The van der Waals surface area contributed by atoms with Crippen LogP contribution in [-0.2, 0) is 29.8 Å². The lowest BCUT2D eigenvalue weighted by atomic mass is 9.89. The largest absolute Gasteiger partial charge is 0.449 e. The average molecular weight is 655 g/mol. The molecule has 0 aromatic heterocycles. The van der Waals surface area contributed by atoms with Crippen LogP contribution in [0, 0.1) is 0 Å². The number of ether oxygens (including phenoxy) is 1. The Morgan fingerprint density at radius 3 is 2.07 bits per heavy atom. The third kappa shape index (κ3) is 7.57. The molecule has 8 nitrogen and oxygen atoms in total. The number of hydrogen-bond acceptors (Lipinski definition) is 5. The van der Waals surface area contributed by atoms with Crippen LogP contribution in [0.1, 0.15) is 73.9 Å². The van der Waals surface area contributed by atoms with E-state index in [1.165, 1.54) is 15.0 Å². The summed E-state index contributed by atoms with van der Waals surface area (Å²) in [4.78, 5) is 18.8. The van der Waals surface area contributed by atoms with Crippen molar-refractivity contribution in [2.24, 2.45) is 4.99 Å². The first-order chi connectivity index (χ1) is 21.0. The number of nitrogens with zero attached hydrogens (tertiary/aromatic N) is 4. The van der Waals surface area contributed by atoms with E-state index >= 15 is 0 Å². The molecule has 17 heteroatoms. The van der Waals surface area contributed by atoms with Crippen molar-refractivity contribution in [2.75, 3.05) is 18.1 Å². The number of fused-ring (bicyclic) bond motifs is 1. The molecule has 2 aromatic rings. The molecule has 2 aliphatic rings. The molecule has 0 radical (unpaired) electrons. The number of hydrazine groups is 3. The van der Waals surface area contributed by atoms with E-state index in [9.17, 15) is 44.3 Å². The summed E-state index contributed by atoms with van der Waals surface area (Å²) in [6.45, 7) is 4.91. The van der Waals surface area contributed by atoms with Gasteiger partial charge in [0.05, 0.1) is 41.6 Å². The number of rotatable bonds is 7. The highest BCUT2D eigenvalue weighted by atomic mass is 19.4. The summed E-state index contributed by atoms with van der Waals surface area (Å²) in [5.74, 6) is -0.0535. The summed E-state index contributed by atoms with van der Waals surface area (Å²) in [6, 6.07) is 2.57. The number of carbonyl (C=O) groups is 1. The maximum absolute atomic E-state index is 13.7. The monoisotopic (exact) mass is 654 g/mol. The lowest BCUT2D eigenvalue weighted by molar-refractivity contribution is -0.143. The van der Waals surface area contributed by atoms with Gasteiger partial charge in [-0.05, 0) is 68.1 Å². The number of alkyl halides is 9. The van der Waals surface area contributed by atoms with E-state index in [1.54, 1.807) is 20.8 Å². The Morgan fingerprint density at radius 1 is 0.911 bits per heavy atom. The first-order valence-corrected chi connectivity index (χ1v) is 14.1. The highest BCUT2D eigenvalue weighted by Crippen LogP contribution is 2.44. The highest BCUT2D eigenvalue weighted by molar-refractivity contribution is 5.90. The zero-order valence-corrected chi connectivity index (χ0v) is 24.4. The van der Waals surface area contributed by atoms with E-state index in [1.807, 2.05) is 0 Å². The van der Waals surface area contributed by atoms with Crippen LogP contribution in [0.25, 0.3) is 0 Å². The van der Waals surface area contributed by atoms with Crippen molar-refractivity contribution in [1.82, 2.24) is 21.1 Å². The average Bonchev–Trinajstić information content (AvgIpc) is 3.31. The Balaban J connectivity index is 1.81. The van der Waals surface area contributed by atoms with E-state index in [0.717, 1.165) is 18.2 Å². The van der Waals surface area contributed by atoms with Gasteiger partial charge in [0.1, 0.15) is 0 Å². The smallest absolute Gasteiger partial charge is 0.416 e. The fraction of sp³-hybridized carbons (Fsp3) is 0.500. The molecule has 4 rings (SSSR count). The lowest BCUT2D eigenvalue weighted by Gasteiger charge is -2.39. The second kappa shape index (κ2) is 12.9. The van der Waals surface area contributed by atoms with Gasteiger partial charge in [0.2, 0.25) is 5.96 Å². The second-order valence-corrected chi connectivity index (χ2v) is 10.4. The van der Waals surface area contributed by atoms with E-state index in [2.05, 4.69) is 16.0 Å². The third-order valence-corrected chi connectivity index (χ3v) is 7.30. The zero-order chi connectivity index (χ0) is 33.3. The molecule has 1 fully saturated rings. The zero-order valence-electron chi connectivity index (χ0n) is 24.4. The van der Waals surface area contributed by atoms with E-state index < -0.39 is 59.9 Å². The molecule has 248 valence electrons. The molecular weight excluding hydrogens is 623 g/mol. The topological polar surface area (TPSA) is 72.4 Å². The normalized spacial score (nSPS) is 20.4. The standard InChI is InChI=1S/C28H31F9N6O2/c1-4-9-42-40-39-24(41(42)15-16-10-18(27(32,33)34)12-19(11-16)28(35,36)37)38-22-14-20(5-2)43(25(44)45-6-3)23-8-7-17(13-21(22)23)26(29,30)31/h7-8,10-13,20,22,40H,4-6,9,14-15H2,1-3H3,(H,38,39)/t20-,22+/m1/s1. The van der Waals surface area contributed by atoms with Crippen LogP contribution in [0.4, 0.5) is 50.0 Å². The number of hydrogen-bond donors (Lipinski definition) is 2. The van der Waals surface area contributed by atoms with Crippen molar-refractivity contribution in [3.8, 4) is 0 Å². The Labute approximate surface area is 252 Å². The molecule has 1 amide bonds. The van der Waals surface area contributed by atoms with Gasteiger partial charge in [-0.3, -0.25) is 15.3 Å². The molecular formula is C28H31F9N6O2. The Bertz CT molecular complexity index is 1380. The van der Waals surface area contributed by atoms with Gasteiger partial charge in [0, 0.05) is 18.2 Å². The first kappa shape index (κ1) is 34.1. The number of amides is 1. The lowest BCUT2D eigenvalue weighted by Crippen LogP contribution is -2.45. The molecule has 0 unspecified atom stereocenters. The number of carbonyl (C=O) groups excluding carboxylic acids is 1. The van der Waals surface area contributed by atoms with Crippen LogP contribution in [0.15, 0.2) is 41.4 Å². The Morgan fingerprint density at radius 2 is 1.53 bits per heavy atom. The maximum atomic E-state index is 13.7. The summed E-state index contributed by atoms with van der Waals surface area (Å²) in [5.41, 5.74) is 1.39. The summed E-state index contributed by atoms with van der Waals surface area (Å²) in [7, 11) is 0. The molecule has 0 aliphatic carbocycles. The quantitative estimate of drug-likeness (QED) is 0.303. The maximum Gasteiger partial charge on any atom is 0.416 e. The first-order valence-electron chi connectivity index (χ1n) is 14.1. The molecule has 2 aliphatic heterocycles. The van der Waals surface area contributed by atoms with Crippen molar-refractivity contribution in [3.05, 3.63) is 64.2 Å². The molecule has 0 saturated carbocycles. The van der Waals surface area contributed by atoms with Gasteiger partial charge in [-0.1, -0.05) is 13.8 Å². The van der Waals surface area contributed by atoms with Crippen LogP contribution in [-0.4, -0.2) is 41.4 Å². The summed E-state index contributed by atoms with van der Waals surface area (Å²) < 4.78 is 128. The van der Waals surface area contributed by atoms with Crippen molar-refractivity contribution >= 4 is 17.7 Å². The minimum atomic E-state index is -5.06. The number of halogens is 9. The Kier molecular flexibility index (Phi) is 9.82. The van der Waals surface area contributed by atoms with Gasteiger partial charge < -0.3 is 4.74 Å². The van der Waals surface area contributed by atoms with E-state index in [-0.39, 0.29) is 48.4 Å². The minimum absolute atomic E-state index is 0.0247. The summed E-state index contributed by atoms with van der Waals surface area (Å²) >= 11 is 0. The third-order valence-electron chi connectivity index (χ3n) is 7.30. The Hall–Kier alpha value is -3.73. The van der Waals surface area contributed by atoms with Crippen LogP contribution < -0.4 is 15.9 Å². The highest BCUT2D eigenvalue weighted by Gasteiger charge is 2.41. The van der Waals surface area contributed by atoms with Gasteiger partial charge in [0.15, 0.2) is 0 Å².